The monoisotopic (exact) mass is 344 g/mol. The van der Waals surface area contributed by atoms with Crippen molar-refractivity contribution in [2.45, 2.75) is 25.8 Å². The zero-order valence-electron chi connectivity index (χ0n) is 14.7. The van der Waals surface area contributed by atoms with E-state index < -0.39 is 0 Å². The van der Waals surface area contributed by atoms with E-state index in [1.54, 1.807) is 4.90 Å². The largest absolute Gasteiger partial charge is 0.369 e. The highest BCUT2D eigenvalue weighted by atomic mass is 16.2. The zero-order valence-corrected chi connectivity index (χ0v) is 14.7. The van der Waals surface area contributed by atoms with Crippen molar-refractivity contribution in [1.29, 1.82) is 0 Å². The number of nitrogens with one attached hydrogen (secondary N) is 1. The molecule has 3 amide bonds. The predicted octanol–water partition coefficient (Wildman–Crippen LogP) is 1.42. The molecule has 2 saturated heterocycles. The highest BCUT2D eigenvalue weighted by Gasteiger charge is 2.30. The Morgan fingerprint density at radius 3 is 2.64 bits per heavy atom. The summed E-state index contributed by atoms with van der Waals surface area (Å²) in [5.74, 6) is -0.0168. The van der Waals surface area contributed by atoms with Gasteiger partial charge in [-0.15, -0.1) is 0 Å². The molecule has 0 bridgehead atoms. The van der Waals surface area contributed by atoms with E-state index in [4.69, 9.17) is 5.73 Å². The number of hydrogen-bond donors (Lipinski definition) is 2. The van der Waals surface area contributed by atoms with Crippen molar-refractivity contribution in [3.05, 3.63) is 35.9 Å². The molecule has 3 rings (SSSR count). The fraction of sp³-hybridized carbons (Fsp3) is 0.579. The Hall–Kier alpha value is -2.08. The minimum absolute atomic E-state index is 0.0658. The zero-order chi connectivity index (χ0) is 17.6. The Morgan fingerprint density at radius 1 is 1.12 bits per heavy atom. The molecule has 3 N–H and O–H groups in total. The number of nitrogens with zero attached hydrogens (tertiary/aromatic N) is 2. The average molecular weight is 344 g/mol. The fourth-order valence-electron chi connectivity index (χ4n) is 3.82. The second-order valence-corrected chi connectivity index (χ2v) is 7.25. The van der Waals surface area contributed by atoms with Gasteiger partial charge in [0.1, 0.15) is 0 Å². The second-order valence-electron chi connectivity index (χ2n) is 7.25. The standard InChI is InChI=1S/C19H28N4O2/c20-18(24)17-8-10-23(14-17)19(25)21-11-16-7-4-9-22(13-16)12-15-5-2-1-3-6-15/h1-3,5-6,16-17H,4,7-14H2,(H2,20,24)(H,21,25)/t16-,17+/m1/s1. The van der Waals surface area contributed by atoms with E-state index in [1.165, 1.54) is 12.0 Å². The summed E-state index contributed by atoms with van der Waals surface area (Å²) in [6.45, 7) is 4.86. The van der Waals surface area contributed by atoms with Gasteiger partial charge >= 0.3 is 6.03 Å². The number of hydrogen-bond acceptors (Lipinski definition) is 3. The van der Waals surface area contributed by atoms with Crippen LogP contribution in [-0.2, 0) is 11.3 Å². The smallest absolute Gasteiger partial charge is 0.317 e. The minimum atomic E-state index is -0.306. The molecule has 0 aliphatic carbocycles. The third-order valence-corrected chi connectivity index (χ3v) is 5.27. The van der Waals surface area contributed by atoms with Crippen LogP contribution in [0.2, 0.25) is 0 Å². The van der Waals surface area contributed by atoms with Crippen molar-refractivity contribution in [1.82, 2.24) is 15.1 Å². The van der Waals surface area contributed by atoms with Crippen LogP contribution in [0.4, 0.5) is 4.79 Å². The number of primary amides is 1. The topological polar surface area (TPSA) is 78.7 Å². The summed E-state index contributed by atoms with van der Waals surface area (Å²) in [4.78, 5) is 27.7. The number of carbonyl (C=O) groups is 2. The molecule has 0 radical (unpaired) electrons. The van der Waals surface area contributed by atoms with E-state index in [0.717, 1.165) is 26.1 Å². The third-order valence-electron chi connectivity index (χ3n) is 5.27. The summed E-state index contributed by atoms with van der Waals surface area (Å²) in [5.41, 5.74) is 6.66. The second kappa shape index (κ2) is 8.34. The molecule has 6 nitrogen and oxygen atoms in total. The van der Waals surface area contributed by atoms with Gasteiger partial charge in [-0.3, -0.25) is 9.69 Å². The molecule has 2 heterocycles. The van der Waals surface area contributed by atoms with Crippen molar-refractivity contribution in [3.63, 3.8) is 0 Å². The summed E-state index contributed by atoms with van der Waals surface area (Å²) >= 11 is 0. The van der Waals surface area contributed by atoms with Crippen LogP contribution in [-0.4, -0.2) is 54.5 Å². The lowest BCUT2D eigenvalue weighted by molar-refractivity contribution is -0.121. The van der Waals surface area contributed by atoms with Gasteiger partial charge in [-0.05, 0) is 37.3 Å². The van der Waals surface area contributed by atoms with Gasteiger partial charge in [-0.1, -0.05) is 30.3 Å². The molecule has 0 unspecified atom stereocenters. The van der Waals surface area contributed by atoms with Crippen LogP contribution in [0, 0.1) is 11.8 Å². The molecule has 0 saturated carbocycles. The summed E-state index contributed by atoms with van der Waals surface area (Å²) in [7, 11) is 0. The van der Waals surface area contributed by atoms with Crippen LogP contribution < -0.4 is 11.1 Å². The molecular weight excluding hydrogens is 316 g/mol. The van der Waals surface area contributed by atoms with E-state index >= 15 is 0 Å². The SMILES string of the molecule is NC(=O)[C@H]1CCN(C(=O)NC[C@H]2CCCN(Cc3ccccc3)C2)C1. The summed E-state index contributed by atoms with van der Waals surface area (Å²) < 4.78 is 0. The molecule has 2 aliphatic heterocycles. The quantitative estimate of drug-likeness (QED) is 0.848. The maximum absolute atomic E-state index is 12.3. The molecule has 2 fully saturated rings. The normalized spacial score (nSPS) is 24.2. The Labute approximate surface area is 149 Å². The minimum Gasteiger partial charge on any atom is -0.369 e. The average Bonchev–Trinajstić information content (AvgIpc) is 3.11. The molecule has 136 valence electrons. The molecule has 0 aromatic heterocycles. The number of rotatable bonds is 5. The van der Waals surface area contributed by atoms with E-state index in [9.17, 15) is 9.59 Å². The lowest BCUT2D eigenvalue weighted by atomic mass is 9.97. The lowest BCUT2D eigenvalue weighted by Gasteiger charge is -2.33. The number of benzene rings is 1. The molecule has 25 heavy (non-hydrogen) atoms. The van der Waals surface area contributed by atoms with Crippen molar-refractivity contribution >= 4 is 11.9 Å². The maximum Gasteiger partial charge on any atom is 0.317 e. The first-order valence-corrected chi connectivity index (χ1v) is 9.20. The van der Waals surface area contributed by atoms with Crippen molar-refractivity contribution < 1.29 is 9.59 Å². The van der Waals surface area contributed by atoms with Crippen molar-refractivity contribution in [3.8, 4) is 0 Å². The van der Waals surface area contributed by atoms with Gasteiger partial charge in [0.2, 0.25) is 5.91 Å². The van der Waals surface area contributed by atoms with Crippen LogP contribution in [0.5, 0.6) is 0 Å². The fourth-order valence-corrected chi connectivity index (χ4v) is 3.82. The van der Waals surface area contributed by atoms with Crippen LogP contribution in [0.3, 0.4) is 0 Å². The summed E-state index contributed by atoms with van der Waals surface area (Å²) in [6.07, 6.45) is 2.99. The predicted molar refractivity (Wildman–Crippen MR) is 96.7 cm³/mol. The van der Waals surface area contributed by atoms with Crippen LogP contribution in [0.25, 0.3) is 0 Å². The molecule has 2 atom stereocenters. The van der Waals surface area contributed by atoms with Gasteiger partial charge in [0.05, 0.1) is 5.92 Å². The number of likely N-dealkylation sites (tertiary alicyclic amines) is 2. The number of amides is 3. The molecular formula is C19H28N4O2. The molecule has 1 aromatic carbocycles. The maximum atomic E-state index is 12.3. The highest BCUT2D eigenvalue weighted by molar-refractivity contribution is 5.80. The van der Waals surface area contributed by atoms with Crippen molar-refractivity contribution in [2.24, 2.45) is 17.6 Å². The molecule has 1 aromatic rings. The first-order valence-electron chi connectivity index (χ1n) is 9.20. The summed E-state index contributed by atoms with van der Waals surface area (Å²) in [5, 5.41) is 3.05. The van der Waals surface area contributed by atoms with Gasteiger partial charge in [-0.2, -0.15) is 0 Å². The van der Waals surface area contributed by atoms with E-state index in [2.05, 4.69) is 34.5 Å². The third kappa shape index (κ3) is 4.95. The Morgan fingerprint density at radius 2 is 1.92 bits per heavy atom. The van der Waals surface area contributed by atoms with Crippen LogP contribution >= 0.6 is 0 Å². The number of nitrogens with two attached hydrogens (primary N) is 1. The van der Waals surface area contributed by atoms with Gasteiger partial charge < -0.3 is 16.0 Å². The van der Waals surface area contributed by atoms with Gasteiger partial charge in [-0.25, -0.2) is 4.79 Å². The van der Waals surface area contributed by atoms with E-state index in [-0.39, 0.29) is 17.9 Å². The van der Waals surface area contributed by atoms with Crippen LogP contribution in [0.15, 0.2) is 30.3 Å². The summed E-state index contributed by atoms with van der Waals surface area (Å²) in [6, 6.07) is 10.4. The lowest BCUT2D eigenvalue weighted by Crippen LogP contribution is -2.44. The van der Waals surface area contributed by atoms with E-state index in [0.29, 0.717) is 32.0 Å². The Kier molecular flexibility index (Phi) is 5.91. The Balaban J connectivity index is 1.42. The van der Waals surface area contributed by atoms with Crippen molar-refractivity contribution in [2.75, 3.05) is 32.7 Å². The number of urea groups is 1. The first kappa shape index (κ1) is 17.7. The Bertz CT molecular complexity index is 592. The van der Waals surface area contributed by atoms with Gasteiger partial charge in [0, 0.05) is 32.7 Å². The van der Waals surface area contributed by atoms with Crippen LogP contribution in [0.1, 0.15) is 24.8 Å². The first-order chi connectivity index (χ1) is 12.1. The van der Waals surface area contributed by atoms with Gasteiger partial charge in [0.25, 0.3) is 0 Å². The molecule has 0 spiro atoms. The molecule has 2 aliphatic rings. The molecule has 6 heteroatoms. The van der Waals surface area contributed by atoms with E-state index in [1.807, 2.05) is 6.07 Å². The highest BCUT2D eigenvalue weighted by Crippen LogP contribution is 2.19. The number of carbonyl (C=O) groups excluding carboxylic acids is 2. The number of piperidine rings is 1. The van der Waals surface area contributed by atoms with Gasteiger partial charge in [0.15, 0.2) is 0 Å².